The molecule has 0 aliphatic heterocycles. The number of rotatable bonds is 5. The van der Waals surface area contributed by atoms with Gasteiger partial charge in [-0.15, -0.1) is 0 Å². The number of hydrogen-bond acceptors (Lipinski definition) is 3. The summed E-state index contributed by atoms with van der Waals surface area (Å²) in [7, 11) is 0. The molecule has 5 heteroatoms. The molecule has 0 saturated carbocycles. The fraction of sp³-hybridized carbons (Fsp3) is 0. The van der Waals surface area contributed by atoms with Crippen molar-refractivity contribution in [2.45, 2.75) is 0 Å². The lowest BCUT2D eigenvalue weighted by Crippen LogP contribution is -2.01. The van der Waals surface area contributed by atoms with Crippen LogP contribution in [0.25, 0.3) is 121 Å². The Morgan fingerprint density at radius 1 is 0.274 bits per heavy atom. The molecule has 0 amide bonds. The second-order valence-electron chi connectivity index (χ2n) is 16.0. The summed E-state index contributed by atoms with van der Waals surface area (Å²) in [4.78, 5) is 15.4. The lowest BCUT2D eigenvalue weighted by molar-refractivity contribution is 1.08. The standard InChI is InChI=1S/C57H35N5/c1-3-16-38(17-4-1)55-58-56(41-27-26-36-14-7-8-18-39(36)32-41)60-57(59-55)47-24-13-19-40-33-43(29-30-44(40)47)62-50-25-12-11-23-46(50)48-34-53-49(35-52(48)62)54-45-22-10-9-15-37(45)28-31-51(54)61(53)42-20-5-2-6-21-42/h1-35H. The fourth-order valence-corrected chi connectivity index (χ4v) is 9.66. The van der Waals surface area contributed by atoms with Gasteiger partial charge in [-0.05, 0) is 86.9 Å². The topological polar surface area (TPSA) is 48.5 Å². The molecule has 0 aliphatic carbocycles. The number of fused-ring (bicyclic) bond motifs is 10. The Kier molecular flexibility index (Phi) is 7.54. The van der Waals surface area contributed by atoms with E-state index in [-0.39, 0.29) is 0 Å². The molecule has 62 heavy (non-hydrogen) atoms. The quantitative estimate of drug-likeness (QED) is 0.174. The molecular weight excluding hydrogens is 755 g/mol. The van der Waals surface area contributed by atoms with E-state index in [1.807, 2.05) is 18.2 Å². The molecule has 288 valence electrons. The number of hydrogen-bond donors (Lipinski definition) is 0. The molecule has 10 aromatic carbocycles. The highest BCUT2D eigenvalue weighted by Crippen LogP contribution is 2.42. The lowest BCUT2D eigenvalue weighted by atomic mass is 10.0. The first-order valence-electron chi connectivity index (χ1n) is 21.0. The predicted octanol–water partition coefficient (Wildman–Crippen LogP) is 14.5. The van der Waals surface area contributed by atoms with Crippen LogP contribution in [-0.2, 0) is 0 Å². The van der Waals surface area contributed by atoms with Gasteiger partial charge in [0.15, 0.2) is 17.5 Å². The summed E-state index contributed by atoms with van der Waals surface area (Å²) in [6.45, 7) is 0. The molecule has 13 rings (SSSR count). The Morgan fingerprint density at radius 3 is 1.76 bits per heavy atom. The van der Waals surface area contributed by atoms with Gasteiger partial charge in [0.1, 0.15) is 0 Å². The molecule has 0 saturated heterocycles. The van der Waals surface area contributed by atoms with E-state index in [9.17, 15) is 0 Å². The number of aromatic nitrogens is 5. The van der Waals surface area contributed by atoms with Crippen LogP contribution in [0.4, 0.5) is 0 Å². The van der Waals surface area contributed by atoms with Gasteiger partial charge in [-0.1, -0.05) is 158 Å². The number of para-hydroxylation sites is 2. The molecule has 0 aliphatic rings. The van der Waals surface area contributed by atoms with E-state index in [4.69, 9.17) is 15.0 Å². The van der Waals surface area contributed by atoms with Crippen molar-refractivity contribution in [3.8, 4) is 45.5 Å². The van der Waals surface area contributed by atoms with Crippen molar-refractivity contribution in [1.29, 1.82) is 0 Å². The van der Waals surface area contributed by atoms with E-state index < -0.39 is 0 Å². The van der Waals surface area contributed by atoms with E-state index in [0.717, 1.165) is 49.7 Å². The minimum absolute atomic E-state index is 0.640. The summed E-state index contributed by atoms with van der Waals surface area (Å²) in [5.74, 6) is 1.93. The Labute approximate surface area is 356 Å². The predicted molar refractivity (Wildman–Crippen MR) is 257 cm³/mol. The van der Waals surface area contributed by atoms with Crippen molar-refractivity contribution >= 4 is 75.9 Å². The van der Waals surface area contributed by atoms with E-state index in [1.165, 1.54) is 54.3 Å². The van der Waals surface area contributed by atoms with Crippen LogP contribution in [0.1, 0.15) is 0 Å². The maximum atomic E-state index is 5.18. The van der Waals surface area contributed by atoms with E-state index in [2.05, 4.69) is 203 Å². The summed E-state index contributed by atoms with van der Waals surface area (Å²) >= 11 is 0. The Bertz CT molecular complexity index is 3920. The van der Waals surface area contributed by atoms with Gasteiger partial charge in [0, 0.05) is 49.6 Å². The molecule has 0 unspecified atom stereocenters. The second-order valence-corrected chi connectivity index (χ2v) is 16.0. The molecular formula is C57H35N5. The third-order valence-corrected chi connectivity index (χ3v) is 12.5. The Balaban J connectivity index is 1.03. The minimum atomic E-state index is 0.640. The van der Waals surface area contributed by atoms with Crippen LogP contribution in [0, 0.1) is 0 Å². The highest BCUT2D eigenvalue weighted by molar-refractivity contribution is 6.25. The summed E-state index contributed by atoms with van der Waals surface area (Å²) in [5.41, 5.74) is 9.81. The van der Waals surface area contributed by atoms with Crippen LogP contribution in [0.15, 0.2) is 212 Å². The molecule has 3 aromatic heterocycles. The average molecular weight is 790 g/mol. The highest BCUT2D eigenvalue weighted by Gasteiger charge is 2.21. The van der Waals surface area contributed by atoms with Crippen LogP contribution >= 0.6 is 0 Å². The van der Waals surface area contributed by atoms with Crippen molar-refractivity contribution in [3.05, 3.63) is 212 Å². The van der Waals surface area contributed by atoms with Crippen LogP contribution in [0.2, 0.25) is 0 Å². The second kappa shape index (κ2) is 13.6. The van der Waals surface area contributed by atoms with Crippen LogP contribution in [0.5, 0.6) is 0 Å². The molecule has 0 spiro atoms. The summed E-state index contributed by atoms with van der Waals surface area (Å²) < 4.78 is 4.86. The third-order valence-electron chi connectivity index (χ3n) is 12.5. The fourth-order valence-electron chi connectivity index (χ4n) is 9.66. The highest BCUT2D eigenvalue weighted by atomic mass is 15.0. The average Bonchev–Trinajstić information content (AvgIpc) is 3.85. The summed E-state index contributed by atoms with van der Waals surface area (Å²) in [6, 6.07) is 75.8. The van der Waals surface area contributed by atoms with Crippen molar-refractivity contribution < 1.29 is 0 Å². The SMILES string of the molecule is c1ccc(-c2nc(-c3ccc4ccccc4c3)nc(-c3cccc4cc(-n5c6ccccc6c6cc7c(cc65)c5c6ccccc6ccc5n7-c5ccccc5)ccc34)n2)cc1. The molecule has 0 atom stereocenters. The lowest BCUT2D eigenvalue weighted by Gasteiger charge is -2.13. The van der Waals surface area contributed by atoms with Crippen molar-refractivity contribution in [2.24, 2.45) is 0 Å². The van der Waals surface area contributed by atoms with E-state index >= 15 is 0 Å². The van der Waals surface area contributed by atoms with Crippen LogP contribution in [-0.4, -0.2) is 24.1 Å². The maximum Gasteiger partial charge on any atom is 0.164 e. The van der Waals surface area contributed by atoms with Crippen molar-refractivity contribution in [2.75, 3.05) is 0 Å². The van der Waals surface area contributed by atoms with Gasteiger partial charge in [-0.3, -0.25) is 0 Å². The van der Waals surface area contributed by atoms with Gasteiger partial charge in [-0.25, -0.2) is 15.0 Å². The normalized spacial score (nSPS) is 11.9. The smallest absolute Gasteiger partial charge is 0.164 e. The van der Waals surface area contributed by atoms with Crippen LogP contribution in [0.3, 0.4) is 0 Å². The van der Waals surface area contributed by atoms with Crippen LogP contribution < -0.4 is 0 Å². The first kappa shape index (κ1) is 34.5. The summed E-state index contributed by atoms with van der Waals surface area (Å²) in [5, 5.41) is 11.9. The maximum absolute atomic E-state index is 5.18. The largest absolute Gasteiger partial charge is 0.309 e. The molecule has 0 bridgehead atoms. The van der Waals surface area contributed by atoms with Crippen molar-refractivity contribution in [3.63, 3.8) is 0 Å². The zero-order valence-corrected chi connectivity index (χ0v) is 33.4. The van der Waals surface area contributed by atoms with Gasteiger partial charge in [0.25, 0.3) is 0 Å². The molecule has 13 aromatic rings. The molecule has 5 nitrogen and oxygen atoms in total. The summed E-state index contributed by atoms with van der Waals surface area (Å²) in [6.07, 6.45) is 0. The van der Waals surface area contributed by atoms with Crippen molar-refractivity contribution in [1.82, 2.24) is 24.1 Å². The zero-order valence-electron chi connectivity index (χ0n) is 33.4. The Morgan fingerprint density at radius 2 is 0.903 bits per heavy atom. The van der Waals surface area contributed by atoms with Gasteiger partial charge >= 0.3 is 0 Å². The number of benzene rings is 10. The zero-order chi connectivity index (χ0) is 40.7. The number of nitrogens with zero attached hydrogens (tertiary/aromatic N) is 5. The molecule has 0 fully saturated rings. The van der Waals surface area contributed by atoms with Gasteiger partial charge in [0.2, 0.25) is 0 Å². The van der Waals surface area contributed by atoms with E-state index in [0.29, 0.717) is 17.5 Å². The van der Waals surface area contributed by atoms with Gasteiger partial charge in [-0.2, -0.15) is 0 Å². The van der Waals surface area contributed by atoms with Gasteiger partial charge in [0.05, 0.1) is 22.1 Å². The monoisotopic (exact) mass is 789 g/mol. The molecule has 0 N–H and O–H groups in total. The molecule has 3 heterocycles. The first-order valence-corrected chi connectivity index (χ1v) is 21.0. The Hall–Kier alpha value is -8.41. The molecule has 0 radical (unpaired) electrons. The van der Waals surface area contributed by atoms with E-state index in [1.54, 1.807) is 0 Å². The minimum Gasteiger partial charge on any atom is -0.309 e. The first-order chi connectivity index (χ1) is 30.7. The third kappa shape index (κ3) is 5.32. The van der Waals surface area contributed by atoms with Gasteiger partial charge < -0.3 is 9.13 Å².